The lowest BCUT2D eigenvalue weighted by Crippen LogP contribution is -2.54. The highest BCUT2D eigenvalue weighted by Crippen LogP contribution is 2.28. The molecule has 1 aromatic carbocycles. The Bertz CT molecular complexity index is 991. The number of nitrogens with zero attached hydrogens (tertiary/aromatic N) is 1. The number of phenolic OH excluding ortho intramolecular Hbond substituents is 1. The molecule has 0 heterocycles. The molecule has 226 valence electrons. The number of primary amides is 1. The molecule has 1 aromatic rings. The van der Waals surface area contributed by atoms with Crippen molar-refractivity contribution in [1.82, 2.24) is 15.5 Å². The van der Waals surface area contributed by atoms with E-state index in [9.17, 15) is 24.3 Å². The number of ether oxygens (including phenoxy) is 1. The highest BCUT2D eigenvalue weighted by Gasteiger charge is 2.37. The molecule has 0 saturated heterocycles. The lowest BCUT2D eigenvalue weighted by molar-refractivity contribution is -0.143. The molecule has 4 amide bonds. The minimum absolute atomic E-state index is 0.0675. The summed E-state index contributed by atoms with van der Waals surface area (Å²) in [4.78, 5) is 53.9. The lowest BCUT2D eigenvalue weighted by atomic mass is 9.98. The number of carbonyl (C=O) groups excluding carboxylic acids is 4. The van der Waals surface area contributed by atoms with Crippen molar-refractivity contribution in [2.75, 3.05) is 6.54 Å². The van der Waals surface area contributed by atoms with Crippen molar-refractivity contribution in [3.05, 3.63) is 29.3 Å². The number of hydrogen-bond acceptors (Lipinski definition) is 6. The fourth-order valence-corrected chi connectivity index (χ4v) is 4.45. The first-order valence-electron chi connectivity index (χ1n) is 14.4. The van der Waals surface area contributed by atoms with E-state index in [4.69, 9.17) is 10.5 Å². The summed E-state index contributed by atoms with van der Waals surface area (Å²) in [5.41, 5.74) is 5.69. The van der Waals surface area contributed by atoms with Gasteiger partial charge in [0.25, 0.3) is 0 Å². The molecular formula is C30H50N4O6. The smallest absolute Gasteiger partial charge is 0.408 e. The summed E-state index contributed by atoms with van der Waals surface area (Å²) < 4.78 is 5.33. The van der Waals surface area contributed by atoms with Gasteiger partial charge in [-0.25, -0.2) is 4.79 Å². The molecule has 1 rings (SSSR count). The maximum absolute atomic E-state index is 14.1. The number of nitrogens with two attached hydrogens (primary N) is 1. The molecule has 10 heteroatoms. The highest BCUT2D eigenvalue weighted by atomic mass is 16.6. The Hall–Kier alpha value is -3.30. The molecular weight excluding hydrogens is 512 g/mol. The van der Waals surface area contributed by atoms with Crippen LogP contribution >= 0.6 is 0 Å². The first-order chi connectivity index (χ1) is 18.7. The Labute approximate surface area is 239 Å². The van der Waals surface area contributed by atoms with Crippen LogP contribution < -0.4 is 16.4 Å². The van der Waals surface area contributed by atoms with Crippen molar-refractivity contribution in [2.45, 2.75) is 124 Å². The number of aryl methyl sites for hydroxylation is 1. The molecule has 0 fully saturated rings. The summed E-state index contributed by atoms with van der Waals surface area (Å²) in [6.45, 7) is 13.0. The Kier molecular flexibility index (Phi) is 14.5. The van der Waals surface area contributed by atoms with Crippen LogP contribution in [0.4, 0.5) is 4.79 Å². The molecule has 0 aliphatic heterocycles. The van der Waals surface area contributed by atoms with E-state index in [1.54, 1.807) is 39.8 Å². The van der Waals surface area contributed by atoms with Crippen molar-refractivity contribution in [2.24, 2.45) is 5.73 Å². The second-order valence-electron chi connectivity index (χ2n) is 11.5. The van der Waals surface area contributed by atoms with Gasteiger partial charge >= 0.3 is 6.09 Å². The fourth-order valence-electron chi connectivity index (χ4n) is 4.45. The summed E-state index contributed by atoms with van der Waals surface area (Å²) in [7, 11) is 0. The molecule has 0 saturated carbocycles. The SMILES string of the molecule is CCCCCCCN(C(=O)C(CC(N)=O)NC(=O)OC(C)(C)C)C(C(=O)NC(C)CCC)c1ccc(O)c(C)c1. The van der Waals surface area contributed by atoms with Gasteiger partial charge in [0.15, 0.2) is 0 Å². The second-order valence-corrected chi connectivity index (χ2v) is 11.5. The average molecular weight is 563 g/mol. The second kappa shape index (κ2) is 16.7. The van der Waals surface area contributed by atoms with Crippen molar-refractivity contribution in [3.63, 3.8) is 0 Å². The summed E-state index contributed by atoms with van der Waals surface area (Å²) in [6.07, 6.45) is 4.83. The Morgan fingerprint density at radius 2 is 1.68 bits per heavy atom. The lowest BCUT2D eigenvalue weighted by Gasteiger charge is -2.35. The van der Waals surface area contributed by atoms with Gasteiger partial charge in [-0.05, 0) is 70.7 Å². The number of aromatic hydroxyl groups is 1. The van der Waals surface area contributed by atoms with Gasteiger partial charge in [0, 0.05) is 12.6 Å². The monoisotopic (exact) mass is 562 g/mol. The Balaban J connectivity index is 3.55. The van der Waals surface area contributed by atoms with Crippen LogP contribution in [0, 0.1) is 6.92 Å². The van der Waals surface area contributed by atoms with Crippen LogP contribution in [0.15, 0.2) is 18.2 Å². The zero-order chi connectivity index (χ0) is 30.5. The number of rotatable bonds is 16. The van der Waals surface area contributed by atoms with Crippen LogP contribution in [0.5, 0.6) is 5.75 Å². The van der Waals surface area contributed by atoms with E-state index in [-0.39, 0.29) is 24.2 Å². The zero-order valence-corrected chi connectivity index (χ0v) is 25.3. The number of carbonyl (C=O) groups is 4. The molecule has 5 N–H and O–H groups in total. The number of alkyl carbamates (subject to hydrolysis) is 1. The van der Waals surface area contributed by atoms with E-state index in [2.05, 4.69) is 17.6 Å². The van der Waals surface area contributed by atoms with Gasteiger partial charge in [-0.1, -0.05) is 52.0 Å². The van der Waals surface area contributed by atoms with Gasteiger partial charge in [-0.3, -0.25) is 14.4 Å². The predicted molar refractivity (Wildman–Crippen MR) is 156 cm³/mol. The number of unbranched alkanes of at least 4 members (excludes halogenated alkanes) is 4. The number of nitrogens with one attached hydrogen (secondary N) is 2. The van der Waals surface area contributed by atoms with Crippen LogP contribution in [-0.4, -0.2) is 58.1 Å². The first kappa shape index (κ1) is 34.7. The third-order valence-electron chi connectivity index (χ3n) is 6.39. The third-order valence-corrected chi connectivity index (χ3v) is 6.39. The third kappa shape index (κ3) is 12.3. The van der Waals surface area contributed by atoms with E-state index in [1.807, 2.05) is 13.8 Å². The minimum Gasteiger partial charge on any atom is -0.508 e. The molecule has 0 aliphatic carbocycles. The molecule has 10 nitrogen and oxygen atoms in total. The molecule has 3 atom stereocenters. The topological polar surface area (TPSA) is 151 Å². The van der Waals surface area contributed by atoms with E-state index in [0.29, 0.717) is 17.5 Å². The van der Waals surface area contributed by atoms with E-state index < -0.39 is 42.0 Å². The Morgan fingerprint density at radius 3 is 2.23 bits per heavy atom. The van der Waals surface area contributed by atoms with Crippen molar-refractivity contribution < 1.29 is 29.0 Å². The highest BCUT2D eigenvalue weighted by molar-refractivity contribution is 5.94. The zero-order valence-electron chi connectivity index (χ0n) is 25.3. The quantitative estimate of drug-likeness (QED) is 0.216. The molecule has 0 radical (unpaired) electrons. The van der Waals surface area contributed by atoms with Gasteiger partial charge in [-0.2, -0.15) is 0 Å². The van der Waals surface area contributed by atoms with Gasteiger partial charge in [0.2, 0.25) is 17.7 Å². The maximum atomic E-state index is 14.1. The average Bonchev–Trinajstić information content (AvgIpc) is 2.83. The van der Waals surface area contributed by atoms with Crippen molar-refractivity contribution in [3.8, 4) is 5.75 Å². The van der Waals surface area contributed by atoms with Gasteiger partial charge in [-0.15, -0.1) is 0 Å². The van der Waals surface area contributed by atoms with Crippen LogP contribution in [0.1, 0.15) is 110 Å². The Morgan fingerprint density at radius 1 is 1.02 bits per heavy atom. The molecule has 0 bridgehead atoms. The van der Waals surface area contributed by atoms with E-state index in [1.165, 1.54) is 11.0 Å². The number of phenols is 1. The molecule has 0 aliphatic rings. The van der Waals surface area contributed by atoms with Crippen LogP contribution in [-0.2, 0) is 19.1 Å². The first-order valence-corrected chi connectivity index (χ1v) is 14.4. The number of benzene rings is 1. The molecule has 0 spiro atoms. The summed E-state index contributed by atoms with van der Waals surface area (Å²) in [6, 6.07) is 2.24. The summed E-state index contributed by atoms with van der Waals surface area (Å²) in [5.74, 6) is -1.72. The minimum atomic E-state index is -1.33. The normalized spacial score (nSPS) is 13.6. The fraction of sp³-hybridized carbons (Fsp3) is 0.667. The van der Waals surface area contributed by atoms with Crippen molar-refractivity contribution >= 4 is 23.8 Å². The number of hydrogen-bond donors (Lipinski definition) is 4. The molecule has 40 heavy (non-hydrogen) atoms. The standard InChI is InChI=1S/C30H50N4O6/c1-8-10-11-12-13-17-34(28(38)23(19-25(31)36)33-29(39)40-30(5,6)7)26(27(37)32-21(4)14-9-2)22-15-16-24(35)20(3)18-22/h15-16,18,21,23,26,35H,8-14,17,19H2,1-7H3,(H2,31,36)(H,32,37)(H,33,39). The van der Waals surface area contributed by atoms with E-state index >= 15 is 0 Å². The summed E-state index contributed by atoms with van der Waals surface area (Å²) in [5, 5.41) is 15.6. The van der Waals surface area contributed by atoms with Crippen LogP contribution in [0.25, 0.3) is 0 Å². The van der Waals surface area contributed by atoms with Crippen molar-refractivity contribution in [1.29, 1.82) is 0 Å². The van der Waals surface area contributed by atoms with Gasteiger partial charge in [0.1, 0.15) is 23.4 Å². The predicted octanol–water partition coefficient (Wildman–Crippen LogP) is 4.61. The van der Waals surface area contributed by atoms with Crippen LogP contribution in [0.3, 0.4) is 0 Å². The number of amides is 4. The largest absolute Gasteiger partial charge is 0.508 e. The van der Waals surface area contributed by atoms with Gasteiger partial charge in [0.05, 0.1) is 6.42 Å². The molecule has 0 aromatic heterocycles. The maximum Gasteiger partial charge on any atom is 0.408 e. The molecule has 3 unspecified atom stereocenters. The van der Waals surface area contributed by atoms with Gasteiger partial charge < -0.3 is 31.1 Å². The van der Waals surface area contributed by atoms with E-state index in [0.717, 1.165) is 38.5 Å². The summed E-state index contributed by atoms with van der Waals surface area (Å²) >= 11 is 0. The van der Waals surface area contributed by atoms with Crippen LogP contribution in [0.2, 0.25) is 0 Å².